The summed E-state index contributed by atoms with van der Waals surface area (Å²) in [5.74, 6) is 1.04. The molecule has 0 radical (unpaired) electrons. The van der Waals surface area contributed by atoms with Crippen molar-refractivity contribution in [3.8, 4) is 39.3 Å². The standard InChI is InChI=1S/C44H37N3O/c1-27-23-28(2)42(29(3)24-27)32-21-22-45-41(26-32)47-38-14-10-9-13-35(38)44(4,5)36-18-15-31(25-39(36)47)37-19-16-34-33(30-11-7-6-8-12-30)17-20-40(48)43(34)46-37/h6-26,48H,1-5H3. The minimum absolute atomic E-state index is 0.170. The first-order chi connectivity index (χ1) is 23.2. The number of pyridine rings is 2. The normalized spacial score (nSPS) is 13.3. The van der Waals surface area contributed by atoms with Crippen LogP contribution < -0.4 is 4.90 Å². The summed E-state index contributed by atoms with van der Waals surface area (Å²) < 4.78 is 0. The molecule has 0 saturated heterocycles. The van der Waals surface area contributed by atoms with Crippen molar-refractivity contribution in [3.63, 3.8) is 0 Å². The van der Waals surface area contributed by atoms with E-state index >= 15 is 0 Å². The van der Waals surface area contributed by atoms with Crippen molar-refractivity contribution in [1.29, 1.82) is 0 Å². The third-order valence-corrected chi connectivity index (χ3v) is 9.89. The van der Waals surface area contributed by atoms with Crippen LogP contribution in [0.1, 0.15) is 41.7 Å². The molecule has 0 aliphatic carbocycles. The Morgan fingerprint density at radius 2 is 1.35 bits per heavy atom. The fourth-order valence-electron chi connectivity index (χ4n) is 7.69. The smallest absolute Gasteiger partial charge is 0.141 e. The van der Waals surface area contributed by atoms with E-state index in [2.05, 4.69) is 131 Å². The number of nitrogens with zero attached hydrogens (tertiary/aromatic N) is 3. The molecule has 4 nitrogen and oxygen atoms in total. The van der Waals surface area contributed by atoms with Crippen molar-refractivity contribution in [2.24, 2.45) is 0 Å². The van der Waals surface area contributed by atoms with Crippen LogP contribution in [0.25, 0.3) is 44.4 Å². The van der Waals surface area contributed by atoms with Gasteiger partial charge in [-0.15, -0.1) is 0 Å². The number of hydrogen-bond acceptors (Lipinski definition) is 4. The second kappa shape index (κ2) is 11.2. The zero-order valence-corrected chi connectivity index (χ0v) is 27.9. The Labute approximate surface area is 282 Å². The van der Waals surface area contributed by atoms with Crippen LogP contribution in [0.3, 0.4) is 0 Å². The molecule has 0 amide bonds. The summed E-state index contributed by atoms with van der Waals surface area (Å²) in [6.45, 7) is 11.1. The Kier molecular flexibility index (Phi) is 6.92. The number of para-hydroxylation sites is 1. The largest absolute Gasteiger partial charge is 0.506 e. The van der Waals surface area contributed by atoms with Crippen LogP contribution in [-0.2, 0) is 5.41 Å². The number of fused-ring (bicyclic) bond motifs is 3. The monoisotopic (exact) mass is 623 g/mol. The van der Waals surface area contributed by atoms with Gasteiger partial charge >= 0.3 is 0 Å². The maximum absolute atomic E-state index is 11.0. The number of aromatic nitrogens is 2. The quantitative estimate of drug-likeness (QED) is 0.212. The highest BCUT2D eigenvalue weighted by molar-refractivity contribution is 5.99. The molecule has 48 heavy (non-hydrogen) atoms. The molecule has 0 unspecified atom stereocenters. The lowest BCUT2D eigenvalue weighted by atomic mass is 9.73. The first-order valence-corrected chi connectivity index (χ1v) is 16.5. The number of benzene rings is 5. The third-order valence-electron chi connectivity index (χ3n) is 9.89. The molecule has 234 valence electrons. The van der Waals surface area contributed by atoms with Crippen molar-refractivity contribution < 1.29 is 5.11 Å². The lowest BCUT2D eigenvalue weighted by Gasteiger charge is -2.41. The number of hydrogen-bond donors (Lipinski definition) is 1. The molecule has 4 heteroatoms. The van der Waals surface area contributed by atoms with E-state index in [4.69, 9.17) is 9.97 Å². The zero-order chi connectivity index (χ0) is 33.2. The van der Waals surface area contributed by atoms with Gasteiger partial charge in [-0.3, -0.25) is 4.90 Å². The maximum atomic E-state index is 11.0. The number of phenolic OH excluding ortho intramolecular Hbond substituents is 1. The molecule has 8 rings (SSSR count). The highest BCUT2D eigenvalue weighted by Crippen LogP contribution is 2.52. The highest BCUT2D eigenvalue weighted by Gasteiger charge is 2.37. The molecule has 1 aliphatic heterocycles. The van der Waals surface area contributed by atoms with Crippen LogP contribution >= 0.6 is 0 Å². The van der Waals surface area contributed by atoms with Gasteiger partial charge in [0.2, 0.25) is 0 Å². The summed E-state index contributed by atoms with van der Waals surface area (Å²) in [4.78, 5) is 12.3. The van der Waals surface area contributed by atoms with Crippen molar-refractivity contribution in [3.05, 3.63) is 155 Å². The Morgan fingerprint density at radius 3 is 2.15 bits per heavy atom. The van der Waals surface area contributed by atoms with Crippen molar-refractivity contribution >= 4 is 28.1 Å². The van der Waals surface area contributed by atoms with Gasteiger partial charge in [0.15, 0.2) is 0 Å². The van der Waals surface area contributed by atoms with Gasteiger partial charge < -0.3 is 5.11 Å². The highest BCUT2D eigenvalue weighted by atomic mass is 16.3. The molecule has 2 aromatic heterocycles. The van der Waals surface area contributed by atoms with Gasteiger partial charge in [0.05, 0.1) is 17.1 Å². The van der Waals surface area contributed by atoms with Crippen LogP contribution in [0.2, 0.25) is 0 Å². The van der Waals surface area contributed by atoms with Crippen molar-refractivity contribution in [2.45, 2.75) is 40.0 Å². The fourth-order valence-corrected chi connectivity index (χ4v) is 7.69. The molecular formula is C44H37N3O. The molecule has 3 heterocycles. The number of aromatic hydroxyl groups is 1. The number of phenols is 1. The second-order valence-electron chi connectivity index (χ2n) is 13.5. The molecule has 5 aromatic carbocycles. The van der Waals surface area contributed by atoms with Gasteiger partial charge in [0.25, 0.3) is 0 Å². The third kappa shape index (κ3) is 4.75. The zero-order valence-electron chi connectivity index (χ0n) is 27.9. The molecule has 1 aliphatic rings. The maximum Gasteiger partial charge on any atom is 0.141 e. The summed E-state index contributed by atoms with van der Waals surface area (Å²) in [5, 5.41) is 11.9. The van der Waals surface area contributed by atoms with E-state index in [9.17, 15) is 5.11 Å². The average molecular weight is 624 g/mol. The summed E-state index contributed by atoms with van der Waals surface area (Å²) in [7, 11) is 0. The molecule has 0 bridgehead atoms. The Morgan fingerprint density at radius 1 is 0.625 bits per heavy atom. The number of rotatable bonds is 4. The van der Waals surface area contributed by atoms with Crippen LogP contribution in [0, 0.1) is 20.8 Å². The second-order valence-corrected chi connectivity index (χ2v) is 13.5. The van der Waals surface area contributed by atoms with E-state index in [0.717, 1.165) is 50.5 Å². The minimum atomic E-state index is -0.234. The summed E-state index contributed by atoms with van der Waals surface area (Å²) in [6, 6.07) is 42.2. The van der Waals surface area contributed by atoms with Crippen molar-refractivity contribution in [2.75, 3.05) is 4.90 Å². The first kappa shape index (κ1) is 29.6. The molecule has 7 aromatic rings. The van der Waals surface area contributed by atoms with E-state index in [1.54, 1.807) is 6.07 Å². The summed E-state index contributed by atoms with van der Waals surface area (Å²) in [5.41, 5.74) is 15.1. The average Bonchev–Trinajstić information content (AvgIpc) is 3.08. The van der Waals surface area contributed by atoms with Gasteiger partial charge in [0.1, 0.15) is 17.1 Å². The van der Waals surface area contributed by atoms with E-state index in [0.29, 0.717) is 5.52 Å². The van der Waals surface area contributed by atoms with Crippen LogP contribution in [0.15, 0.2) is 128 Å². The number of anilines is 3. The van der Waals surface area contributed by atoms with Crippen LogP contribution in [-0.4, -0.2) is 15.1 Å². The SMILES string of the molecule is Cc1cc(C)c(-c2ccnc(N3c4ccccc4C(C)(C)c4ccc(-c5ccc6c(-c7ccccc7)ccc(O)c6n5)cc43)c2)c(C)c1. The van der Waals surface area contributed by atoms with E-state index < -0.39 is 0 Å². The van der Waals surface area contributed by atoms with Gasteiger partial charge in [-0.05, 0) is 114 Å². The Balaban J connectivity index is 1.31. The van der Waals surface area contributed by atoms with Crippen LogP contribution in [0.4, 0.5) is 17.2 Å². The minimum Gasteiger partial charge on any atom is -0.506 e. The molecule has 0 saturated carbocycles. The van der Waals surface area contributed by atoms with E-state index in [-0.39, 0.29) is 11.2 Å². The fraction of sp³-hybridized carbons (Fsp3) is 0.136. The molecule has 1 N–H and O–H groups in total. The molecule has 0 atom stereocenters. The Bertz CT molecular complexity index is 2350. The van der Waals surface area contributed by atoms with Gasteiger partial charge in [-0.25, -0.2) is 9.97 Å². The van der Waals surface area contributed by atoms with E-state index in [1.165, 1.54) is 33.4 Å². The van der Waals surface area contributed by atoms with Gasteiger partial charge in [0, 0.05) is 22.6 Å². The topological polar surface area (TPSA) is 49.2 Å². The molecule has 0 fully saturated rings. The Hall–Kier alpha value is -5.74. The van der Waals surface area contributed by atoms with E-state index in [1.807, 2.05) is 30.5 Å². The lowest BCUT2D eigenvalue weighted by molar-refractivity contribution is 0.480. The van der Waals surface area contributed by atoms with Crippen molar-refractivity contribution in [1.82, 2.24) is 9.97 Å². The summed E-state index contributed by atoms with van der Waals surface area (Å²) in [6.07, 6.45) is 1.92. The number of aryl methyl sites for hydroxylation is 3. The van der Waals surface area contributed by atoms with Gasteiger partial charge in [-0.2, -0.15) is 0 Å². The molecular weight excluding hydrogens is 587 g/mol. The van der Waals surface area contributed by atoms with Crippen LogP contribution in [0.5, 0.6) is 5.75 Å². The predicted molar refractivity (Wildman–Crippen MR) is 199 cm³/mol. The molecule has 0 spiro atoms. The predicted octanol–water partition coefficient (Wildman–Crippen LogP) is 11.4. The first-order valence-electron chi connectivity index (χ1n) is 16.5. The lowest BCUT2D eigenvalue weighted by Crippen LogP contribution is -2.31. The van der Waals surface area contributed by atoms with Gasteiger partial charge in [-0.1, -0.05) is 92.2 Å². The summed E-state index contributed by atoms with van der Waals surface area (Å²) >= 11 is 0.